The number of piperidine rings is 6. The zero-order valence-corrected chi connectivity index (χ0v) is 31.5. The van der Waals surface area contributed by atoms with E-state index in [1.165, 1.54) is 19.3 Å². The van der Waals surface area contributed by atoms with E-state index in [0.29, 0.717) is 29.5 Å². The van der Waals surface area contributed by atoms with Crippen molar-refractivity contribution in [3.63, 3.8) is 0 Å². The van der Waals surface area contributed by atoms with Crippen LogP contribution < -0.4 is 18.9 Å². The Morgan fingerprint density at radius 1 is 0.722 bits per heavy atom. The molecule has 0 aliphatic carbocycles. The van der Waals surface area contributed by atoms with Crippen LogP contribution in [0.15, 0.2) is 85.7 Å². The van der Waals surface area contributed by atoms with E-state index in [9.17, 15) is 0 Å². The Kier molecular flexibility index (Phi) is 9.57. The third kappa shape index (κ3) is 6.43. The largest absolute Gasteiger partial charge is 0.497 e. The fourth-order valence-corrected chi connectivity index (χ4v) is 10.1. The molecule has 0 radical (unpaired) electrons. The number of fused-ring (bicyclic) bond motifs is 8. The summed E-state index contributed by atoms with van der Waals surface area (Å²) in [6, 6.07) is 20.5. The molecule has 9 heterocycles. The van der Waals surface area contributed by atoms with Crippen LogP contribution in [0.3, 0.4) is 0 Å². The average molecular weight is 727 g/mol. The minimum absolute atomic E-state index is 0.165. The van der Waals surface area contributed by atoms with Crippen molar-refractivity contribution >= 4 is 21.8 Å². The summed E-state index contributed by atoms with van der Waals surface area (Å²) in [5, 5.41) is 11.4. The lowest BCUT2D eigenvalue weighted by Gasteiger charge is -2.51. The van der Waals surface area contributed by atoms with Gasteiger partial charge in [0, 0.05) is 59.5 Å². The van der Waals surface area contributed by atoms with E-state index in [2.05, 4.69) is 68.8 Å². The van der Waals surface area contributed by atoms with E-state index in [-0.39, 0.29) is 24.3 Å². The SMILES string of the molecule is C=C[C@H]1CN2CC[C@H]1C[C@H]2[C@H](Oc1ccc(O[C@H](c2ccnc3ccc(OC)cc23)[C@@H]2C[C@@H]3CCN2C[C@@H]3CC)nn1)c1ccnc2ccc(OC)cc12. The number of hydrogen-bond donors (Lipinski definition) is 0. The number of pyridine rings is 2. The zero-order chi connectivity index (χ0) is 36.8. The van der Waals surface area contributed by atoms with E-state index < -0.39 is 0 Å². The van der Waals surface area contributed by atoms with Crippen LogP contribution in [-0.2, 0) is 0 Å². The number of methoxy groups -OCH3 is 2. The summed E-state index contributed by atoms with van der Waals surface area (Å²) >= 11 is 0. The summed E-state index contributed by atoms with van der Waals surface area (Å²) < 4.78 is 25.2. The minimum Gasteiger partial charge on any atom is -0.497 e. The second-order valence-corrected chi connectivity index (χ2v) is 15.6. The molecule has 10 nitrogen and oxygen atoms in total. The van der Waals surface area contributed by atoms with E-state index in [1.807, 2.05) is 48.8 Å². The van der Waals surface area contributed by atoms with Gasteiger partial charge in [-0.05, 0) is 111 Å². The molecule has 6 aliphatic heterocycles. The molecule has 2 unspecified atom stereocenters. The highest BCUT2D eigenvalue weighted by atomic mass is 16.5. The maximum absolute atomic E-state index is 6.97. The monoisotopic (exact) mass is 726 g/mol. The normalized spacial score (nSPS) is 28.4. The van der Waals surface area contributed by atoms with Gasteiger partial charge >= 0.3 is 0 Å². The van der Waals surface area contributed by atoms with Crippen molar-refractivity contribution in [2.24, 2.45) is 23.7 Å². The first-order chi connectivity index (χ1) is 26.5. The quantitative estimate of drug-likeness (QED) is 0.118. The molecule has 6 saturated heterocycles. The van der Waals surface area contributed by atoms with Crippen LogP contribution in [0.4, 0.5) is 0 Å². The van der Waals surface area contributed by atoms with Gasteiger partial charge in [0.05, 0.1) is 37.3 Å². The highest BCUT2D eigenvalue weighted by molar-refractivity contribution is 5.85. The highest BCUT2D eigenvalue weighted by Crippen LogP contribution is 2.46. The van der Waals surface area contributed by atoms with Crippen LogP contribution >= 0.6 is 0 Å². The first kappa shape index (κ1) is 34.9. The molecule has 54 heavy (non-hydrogen) atoms. The van der Waals surface area contributed by atoms with Gasteiger partial charge in [-0.3, -0.25) is 19.8 Å². The second kappa shape index (κ2) is 14.8. The van der Waals surface area contributed by atoms with E-state index in [1.54, 1.807) is 14.2 Å². The van der Waals surface area contributed by atoms with Gasteiger partial charge in [-0.2, -0.15) is 0 Å². The summed E-state index contributed by atoms with van der Waals surface area (Å²) in [6.45, 7) is 10.7. The van der Waals surface area contributed by atoms with Crippen LogP contribution in [0.25, 0.3) is 21.8 Å². The van der Waals surface area contributed by atoms with E-state index >= 15 is 0 Å². The van der Waals surface area contributed by atoms with Crippen LogP contribution in [0.1, 0.15) is 62.4 Å². The lowest BCUT2D eigenvalue weighted by molar-refractivity contribution is -0.0497. The first-order valence-electron chi connectivity index (χ1n) is 19.7. The summed E-state index contributed by atoms with van der Waals surface area (Å²) in [7, 11) is 3.40. The molecule has 10 atom stereocenters. The lowest BCUT2D eigenvalue weighted by atomic mass is 9.72. The lowest BCUT2D eigenvalue weighted by Crippen LogP contribution is -2.56. The fraction of sp³-hybridized carbons (Fsp3) is 0.455. The van der Waals surface area contributed by atoms with Gasteiger partial charge < -0.3 is 18.9 Å². The number of hydrogen-bond acceptors (Lipinski definition) is 10. The summed E-state index contributed by atoms with van der Waals surface area (Å²) in [5.74, 6) is 5.01. The summed E-state index contributed by atoms with van der Waals surface area (Å²) in [6.07, 6.45) is 11.1. The van der Waals surface area contributed by atoms with Gasteiger partial charge in [-0.1, -0.05) is 19.4 Å². The molecule has 0 spiro atoms. The highest BCUT2D eigenvalue weighted by Gasteiger charge is 2.45. The number of ether oxygens (including phenoxy) is 4. The van der Waals surface area contributed by atoms with Crippen molar-refractivity contribution in [1.29, 1.82) is 0 Å². The third-order valence-corrected chi connectivity index (χ3v) is 13.0. The zero-order valence-electron chi connectivity index (χ0n) is 31.5. The summed E-state index contributed by atoms with van der Waals surface area (Å²) in [5.41, 5.74) is 3.98. The Hall–Kier alpha value is -4.80. The number of nitrogens with zero attached hydrogens (tertiary/aromatic N) is 6. The number of benzene rings is 2. The van der Waals surface area contributed by atoms with Crippen molar-refractivity contribution < 1.29 is 18.9 Å². The van der Waals surface area contributed by atoms with Crippen molar-refractivity contribution in [3.8, 4) is 23.3 Å². The maximum Gasteiger partial charge on any atom is 0.234 e. The Morgan fingerprint density at radius 2 is 1.26 bits per heavy atom. The second-order valence-electron chi connectivity index (χ2n) is 15.6. The number of rotatable bonds is 12. The molecule has 6 fully saturated rings. The van der Waals surface area contributed by atoms with Gasteiger partial charge in [0.25, 0.3) is 0 Å². The molecule has 280 valence electrons. The molecule has 0 saturated carbocycles. The minimum atomic E-state index is -0.291. The topological polar surface area (TPSA) is 95.0 Å². The standard InChI is InChI=1S/C44H50N6O4/c1-5-27-25-49-19-15-29(27)21-39(49)43(33-13-17-45-37-9-7-31(51-3)23-35(33)37)53-41-11-12-42(48-47-41)54-44(40-22-30-16-20-50(40)26-28(30)6-2)34-14-18-46-38-10-8-32(52-4)24-36(34)38/h5,7-14,17-18,23-24,27-30,39-40,43-44H,1,6,15-16,19-22,25-26H2,2-4H3/t27-,28-,29-,30-,39-,40-,43+,44+/m0/s1. The third-order valence-electron chi connectivity index (χ3n) is 13.0. The summed E-state index contributed by atoms with van der Waals surface area (Å²) in [4.78, 5) is 14.6. The Balaban J connectivity index is 1.05. The molecule has 2 aromatic carbocycles. The molecule has 5 aromatic rings. The number of aromatic nitrogens is 4. The predicted molar refractivity (Wildman–Crippen MR) is 209 cm³/mol. The van der Waals surface area contributed by atoms with Crippen molar-refractivity contribution in [3.05, 3.63) is 96.8 Å². The molecule has 3 aromatic heterocycles. The van der Waals surface area contributed by atoms with Crippen LogP contribution in [-0.4, -0.2) is 82.4 Å². The van der Waals surface area contributed by atoms with Gasteiger partial charge in [0.2, 0.25) is 11.8 Å². The molecular weight excluding hydrogens is 677 g/mol. The first-order valence-corrected chi connectivity index (χ1v) is 19.7. The molecule has 6 aliphatic rings. The van der Waals surface area contributed by atoms with Crippen LogP contribution in [0.2, 0.25) is 0 Å². The fourth-order valence-electron chi connectivity index (χ4n) is 10.1. The van der Waals surface area contributed by atoms with Crippen LogP contribution in [0, 0.1) is 23.7 Å². The molecule has 0 amide bonds. The Bertz CT molecular complexity index is 2130. The van der Waals surface area contributed by atoms with Gasteiger partial charge in [0.15, 0.2) is 0 Å². The van der Waals surface area contributed by atoms with Crippen molar-refractivity contribution in [2.45, 2.75) is 63.3 Å². The Labute approximate surface area is 317 Å². The predicted octanol–water partition coefficient (Wildman–Crippen LogP) is 7.85. The molecule has 0 N–H and O–H groups in total. The maximum atomic E-state index is 6.97. The van der Waals surface area contributed by atoms with Crippen molar-refractivity contribution in [2.75, 3.05) is 40.4 Å². The van der Waals surface area contributed by atoms with Crippen molar-refractivity contribution in [1.82, 2.24) is 30.0 Å². The molecule has 10 heteroatoms. The van der Waals surface area contributed by atoms with E-state index in [0.717, 1.165) is 89.4 Å². The molecule has 11 rings (SSSR count). The molecular formula is C44H50N6O4. The molecule has 4 bridgehead atoms. The smallest absolute Gasteiger partial charge is 0.234 e. The van der Waals surface area contributed by atoms with E-state index in [4.69, 9.17) is 23.9 Å². The Morgan fingerprint density at radius 3 is 1.70 bits per heavy atom. The van der Waals surface area contributed by atoms with Gasteiger partial charge in [-0.15, -0.1) is 16.8 Å². The van der Waals surface area contributed by atoms with Gasteiger partial charge in [0.1, 0.15) is 23.7 Å². The van der Waals surface area contributed by atoms with Gasteiger partial charge in [-0.25, -0.2) is 0 Å². The van der Waals surface area contributed by atoms with Crippen LogP contribution in [0.5, 0.6) is 23.3 Å². The average Bonchev–Trinajstić information content (AvgIpc) is 3.24.